The van der Waals surface area contributed by atoms with Gasteiger partial charge in [0.2, 0.25) is 0 Å². The third-order valence-corrected chi connectivity index (χ3v) is 2.67. The van der Waals surface area contributed by atoms with E-state index in [9.17, 15) is 0 Å². The Balaban J connectivity index is 0.000000284. The predicted octanol–water partition coefficient (Wildman–Crippen LogP) is 5.34. The van der Waals surface area contributed by atoms with E-state index in [1.54, 1.807) is 0 Å². The molecule has 0 N–H and O–H groups in total. The average Bonchev–Trinajstić information content (AvgIpc) is 2.15. The van der Waals surface area contributed by atoms with Crippen LogP contribution in [0.3, 0.4) is 0 Å². The predicted molar refractivity (Wildman–Crippen MR) is 73.5 cm³/mol. The van der Waals surface area contributed by atoms with Gasteiger partial charge in [-0.25, -0.2) is 0 Å². The summed E-state index contributed by atoms with van der Waals surface area (Å²) in [6.07, 6.45) is 28.0. The SMILES string of the molecule is C1=C\CC/C=C\CC/1.C1=C\CC/C=C\CC/1.[Pd]. The van der Waals surface area contributed by atoms with Gasteiger partial charge in [0, 0.05) is 20.4 Å². The Kier molecular flexibility index (Phi) is 13.4. The topological polar surface area (TPSA) is 0 Å². The molecule has 0 bridgehead atoms. The van der Waals surface area contributed by atoms with Crippen LogP contribution in [-0.4, -0.2) is 0 Å². The van der Waals surface area contributed by atoms with Crippen molar-refractivity contribution >= 4 is 0 Å². The molecule has 0 aromatic carbocycles. The van der Waals surface area contributed by atoms with Gasteiger partial charge in [-0.1, -0.05) is 48.6 Å². The smallest absolute Gasteiger partial charge is 0 e. The number of hydrogen-bond acceptors (Lipinski definition) is 0. The van der Waals surface area contributed by atoms with Crippen molar-refractivity contribution in [1.29, 1.82) is 0 Å². The third kappa shape index (κ3) is 11.9. The van der Waals surface area contributed by atoms with Crippen LogP contribution in [0.4, 0.5) is 0 Å². The van der Waals surface area contributed by atoms with Gasteiger partial charge in [-0.15, -0.1) is 0 Å². The van der Waals surface area contributed by atoms with Crippen molar-refractivity contribution in [3.05, 3.63) is 48.6 Å². The Labute approximate surface area is 120 Å². The van der Waals surface area contributed by atoms with E-state index in [1.807, 2.05) is 0 Å². The summed E-state index contributed by atoms with van der Waals surface area (Å²) in [6.45, 7) is 0. The summed E-state index contributed by atoms with van der Waals surface area (Å²) in [4.78, 5) is 0. The summed E-state index contributed by atoms with van der Waals surface area (Å²) >= 11 is 0. The van der Waals surface area contributed by atoms with Crippen LogP contribution in [0.1, 0.15) is 51.4 Å². The summed E-state index contributed by atoms with van der Waals surface area (Å²) in [5, 5.41) is 0. The molecular formula is C16H24Pd. The Morgan fingerprint density at radius 3 is 0.529 bits per heavy atom. The zero-order valence-electron chi connectivity index (χ0n) is 10.6. The normalized spacial score (nSPS) is 26.4. The van der Waals surface area contributed by atoms with Gasteiger partial charge in [-0.3, -0.25) is 0 Å². The monoisotopic (exact) mass is 322 g/mol. The first kappa shape index (κ1) is 16.6. The molecule has 0 aromatic rings. The maximum Gasteiger partial charge on any atom is 0 e. The zero-order chi connectivity index (χ0) is 11.3. The van der Waals surface area contributed by atoms with Crippen LogP contribution < -0.4 is 0 Å². The molecule has 0 heterocycles. The summed E-state index contributed by atoms with van der Waals surface area (Å²) in [5.41, 5.74) is 0. The van der Waals surface area contributed by atoms with Crippen molar-refractivity contribution in [2.45, 2.75) is 51.4 Å². The summed E-state index contributed by atoms with van der Waals surface area (Å²) < 4.78 is 0. The summed E-state index contributed by atoms with van der Waals surface area (Å²) in [7, 11) is 0. The van der Waals surface area contributed by atoms with Gasteiger partial charge in [0.25, 0.3) is 0 Å². The van der Waals surface area contributed by atoms with Crippen LogP contribution in [0.2, 0.25) is 0 Å². The number of allylic oxidation sites excluding steroid dienone is 8. The van der Waals surface area contributed by atoms with E-state index in [-0.39, 0.29) is 20.4 Å². The van der Waals surface area contributed by atoms with Gasteiger partial charge in [0.1, 0.15) is 0 Å². The van der Waals surface area contributed by atoms with Crippen LogP contribution >= 0.6 is 0 Å². The van der Waals surface area contributed by atoms with Crippen LogP contribution in [0, 0.1) is 0 Å². The van der Waals surface area contributed by atoms with Crippen LogP contribution in [-0.2, 0) is 20.4 Å². The minimum Gasteiger partial charge on any atom is -0.0882 e. The van der Waals surface area contributed by atoms with Crippen molar-refractivity contribution in [2.24, 2.45) is 0 Å². The van der Waals surface area contributed by atoms with Gasteiger partial charge < -0.3 is 0 Å². The molecule has 0 saturated heterocycles. The molecule has 98 valence electrons. The maximum absolute atomic E-state index is 2.27. The quantitative estimate of drug-likeness (QED) is 0.417. The molecule has 0 spiro atoms. The molecule has 0 radical (unpaired) electrons. The molecule has 0 amide bonds. The van der Waals surface area contributed by atoms with Crippen molar-refractivity contribution in [3.8, 4) is 0 Å². The van der Waals surface area contributed by atoms with Crippen LogP contribution in [0.25, 0.3) is 0 Å². The molecule has 0 atom stereocenters. The van der Waals surface area contributed by atoms with E-state index < -0.39 is 0 Å². The maximum atomic E-state index is 2.27. The number of rotatable bonds is 0. The van der Waals surface area contributed by atoms with E-state index >= 15 is 0 Å². The molecule has 2 rings (SSSR count). The van der Waals surface area contributed by atoms with Gasteiger partial charge in [-0.2, -0.15) is 0 Å². The molecule has 2 aliphatic carbocycles. The van der Waals surface area contributed by atoms with Crippen molar-refractivity contribution in [2.75, 3.05) is 0 Å². The Bertz CT molecular complexity index is 179. The first-order valence-corrected chi connectivity index (χ1v) is 6.60. The molecule has 0 aromatic heterocycles. The third-order valence-electron chi connectivity index (χ3n) is 2.67. The van der Waals surface area contributed by atoms with E-state index in [0.29, 0.717) is 0 Å². The van der Waals surface area contributed by atoms with Gasteiger partial charge in [-0.05, 0) is 51.4 Å². The fourth-order valence-corrected chi connectivity index (χ4v) is 1.71. The van der Waals surface area contributed by atoms with Gasteiger partial charge in [0.15, 0.2) is 0 Å². The minimum absolute atomic E-state index is 0. The summed E-state index contributed by atoms with van der Waals surface area (Å²) in [6, 6.07) is 0. The molecule has 0 aliphatic heterocycles. The molecule has 0 nitrogen and oxygen atoms in total. The van der Waals surface area contributed by atoms with Crippen LogP contribution in [0.15, 0.2) is 48.6 Å². The van der Waals surface area contributed by atoms with Crippen molar-refractivity contribution in [1.82, 2.24) is 0 Å². The largest absolute Gasteiger partial charge is 0.0882 e. The molecule has 0 unspecified atom stereocenters. The second-order valence-corrected chi connectivity index (χ2v) is 4.20. The van der Waals surface area contributed by atoms with E-state index in [4.69, 9.17) is 0 Å². The molecule has 1 heteroatoms. The second-order valence-electron chi connectivity index (χ2n) is 4.20. The molecule has 2 aliphatic rings. The zero-order valence-corrected chi connectivity index (χ0v) is 12.1. The first-order chi connectivity index (χ1) is 8.00. The standard InChI is InChI=1S/2C8H12.Pd/c2*1-2-4-6-8-7-5-3-1;/h2*1-2,7-8H,3-6H2;/b2*2-1-,8-7-;. The summed E-state index contributed by atoms with van der Waals surface area (Å²) in [5.74, 6) is 0. The van der Waals surface area contributed by atoms with E-state index in [1.165, 1.54) is 51.4 Å². The van der Waals surface area contributed by atoms with Gasteiger partial charge in [0.05, 0.1) is 0 Å². The fraction of sp³-hybridized carbons (Fsp3) is 0.500. The average molecular weight is 323 g/mol. The molecule has 17 heavy (non-hydrogen) atoms. The first-order valence-electron chi connectivity index (χ1n) is 6.60. The van der Waals surface area contributed by atoms with Crippen LogP contribution in [0.5, 0.6) is 0 Å². The Hall–Kier alpha value is -0.378. The van der Waals surface area contributed by atoms with Crippen molar-refractivity contribution < 1.29 is 20.4 Å². The molecule has 0 fully saturated rings. The fourth-order valence-electron chi connectivity index (χ4n) is 1.71. The molecule has 0 saturated carbocycles. The Morgan fingerprint density at radius 2 is 0.412 bits per heavy atom. The van der Waals surface area contributed by atoms with E-state index in [2.05, 4.69) is 48.6 Å². The number of hydrogen-bond donors (Lipinski definition) is 0. The minimum atomic E-state index is 0. The second kappa shape index (κ2) is 13.7. The molecular weight excluding hydrogens is 299 g/mol. The van der Waals surface area contributed by atoms with E-state index in [0.717, 1.165) is 0 Å². The van der Waals surface area contributed by atoms with Gasteiger partial charge >= 0.3 is 0 Å². The Morgan fingerprint density at radius 1 is 0.294 bits per heavy atom. The van der Waals surface area contributed by atoms with Crippen molar-refractivity contribution in [3.63, 3.8) is 0 Å².